The van der Waals surface area contributed by atoms with Crippen LogP contribution in [0.5, 0.6) is 11.8 Å². The minimum Gasteiger partial charge on any atom is -0.444 e. The third kappa shape index (κ3) is 5.27. The molecule has 14 heteroatoms. The lowest BCUT2D eigenvalue weighted by atomic mass is 10.2. The van der Waals surface area contributed by atoms with Gasteiger partial charge >= 0.3 is 18.2 Å². The summed E-state index contributed by atoms with van der Waals surface area (Å²) in [7, 11) is 0. The van der Waals surface area contributed by atoms with Gasteiger partial charge in [0.25, 0.3) is 0 Å². The zero-order valence-corrected chi connectivity index (χ0v) is 16.6. The van der Waals surface area contributed by atoms with Crippen molar-refractivity contribution in [3.8, 4) is 22.3 Å². The maximum Gasteiger partial charge on any atom is 0.573 e. The molecule has 3 heterocycles. The van der Waals surface area contributed by atoms with Crippen molar-refractivity contribution in [3.05, 3.63) is 45.6 Å². The molecule has 31 heavy (non-hydrogen) atoms. The van der Waals surface area contributed by atoms with Crippen molar-refractivity contribution in [2.24, 2.45) is 0 Å². The van der Waals surface area contributed by atoms with Gasteiger partial charge < -0.3 is 19.6 Å². The summed E-state index contributed by atoms with van der Waals surface area (Å²) in [6.07, 6.45) is -3.40. The number of aromatic nitrogens is 4. The van der Waals surface area contributed by atoms with E-state index in [0.717, 1.165) is 5.01 Å². The summed E-state index contributed by atoms with van der Waals surface area (Å²) in [6.45, 7) is 2.42. The van der Waals surface area contributed by atoms with Gasteiger partial charge in [-0.05, 0) is 29.2 Å². The van der Waals surface area contributed by atoms with Gasteiger partial charge in [0.1, 0.15) is 28.6 Å². The molecule has 0 aliphatic carbocycles. The van der Waals surface area contributed by atoms with Crippen LogP contribution >= 0.6 is 11.3 Å². The number of nitrogens with zero attached hydrogens (tertiary/aromatic N) is 6. The van der Waals surface area contributed by atoms with E-state index in [1.54, 1.807) is 4.57 Å². The first kappa shape index (κ1) is 21.0. The summed E-state index contributed by atoms with van der Waals surface area (Å²) in [5, 5.41) is 20.5. The van der Waals surface area contributed by atoms with Crippen LogP contribution in [-0.2, 0) is 13.1 Å². The van der Waals surface area contributed by atoms with Crippen molar-refractivity contribution in [1.29, 1.82) is 0 Å². The Hall–Kier alpha value is -3.26. The summed E-state index contributed by atoms with van der Waals surface area (Å²) in [5.74, 6) is -0.565. The third-order valence-corrected chi connectivity index (χ3v) is 5.33. The van der Waals surface area contributed by atoms with Crippen LogP contribution in [-0.4, -0.2) is 55.6 Å². The minimum absolute atomic E-state index is 0.225. The summed E-state index contributed by atoms with van der Waals surface area (Å²) in [4.78, 5) is 16.2. The second-order valence-corrected chi connectivity index (χ2v) is 7.59. The predicted octanol–water partition coefficient (Wildman–Crippen LogP) is 3.10. The van der Waals surface area contributed by atoms with Gasteiger partial charge in [0, 0.05) is 30.2 Å². The Kier molecular flexibility index (Phi) is 5.73. The predicted molar refractivity (Wildman–Crippen MR) is 102 cm³/mol. The van der Waals surface area contributed by atoms with E-state index in [2.05, 4.69) is 24.8 Å². The van der Waals surface area contributed by atoms with E-state index in [1.807, 2.05) is 0 Å². The normalized spacial score (nSPS) is 14.9. The number of alkyl halides is 3. The number of fused-ring (bicyclic) bond motifs is 1. The second-order valence-electron chi connectivity index (χ2n) is 6.53. The Bertz CT molecular complexity index is 1070. The Balaban J connectivity index is 1.39. The summed E-state index contributed by atoms with van der Waals surface area (Å²) < 4.78 is 47.8. The molecule has 0 spiro atoms. The highest BCUT2D eigenvalue weighted by atomic mass is 32.1. The molecule has 4 rings (SSSR count). The van der Waals surface area contributed by atoms with Crippen molar-refractivity contribution in [2.45, 2.75) is 19.5 Å². The quantitative estimate of drug-likeness (QED) is 0.426. The standard InChI is InChI=1S/C17H15F3N6O4S/c18-17(19,20)30-12-3-1-11(2-4-12)15-23-22-14(31-15)10-24-5-6-25-9-13(26(27)28)21-16(25)29-8-7-24/h1-4,9H,5-8,10H2. The molecule has 0 radical (unpaired) electrons. The van der Waals surface area contributed by atoms with Gasteiger partial charge in [-0.25, -0.2) is 0 Å². The smallest absolute Gasteiger partial charge is 0.444 e. The van der Waals surface area contributed by atoms with Crippen LogP contribution in [0.25, 0.3) is 10.6 Å². The molecule has 10 nitrogen and oxygen atoms in total. The maximum absolute atomic E-state index is 12.3. The van der Waals surface area contributed by atoms with Crippen LogP contribution in [0.2, 0.25) is 0 Å². The van der Waals surface area contributed by atoms with Crippen LogP contribution in [0.1, 0.15) is 5.01 Å². The molecule has 0 fully saturated rings. The van der Waals surface area contributed by atoms with E-state index in [-0.39, 0.29) is 17.6 Å². The first-order valence-corrected chi connectivity index (χ1v) is 9.84. The second kappa shape index (κ2) is 8.47. The van der Waals surface area contributed by atoms with Gasteiger partial charge in [-0.2, -0.15) is 0 Å². The van der Waals surface area contributed by atoms with Crippen LogP contribution < -0.4 is 9.47 Å². The molecule has 2 aromatic heterocycles. The molecule has 1 aliphatic rings. The number of nitro groups is 1. The van der Waals surface area contributed by atoms with Crippen LogP contribution in [0.3, 0.4) is 0 Å². The van der Waals surface area contributed by atoms with Crippen molar-refractivity contribution in [1.82, 2.24) is 24.6 Å². The fourth-order valence-corrected chi connectivity index (χ4v) is 3.85. The van der Waals surface area contributed by atoms with E-state index < -0.39 is 11.3 Å². The number of hydrogen-bond donors (Lipinski definition) is 0. The molecule has 164 valence electrons. The average molecular weight is 456 g/mol. The summed E-state index contributed by atoms with van der Waals surface area (Å²) >= 11 is 1.33. The Morgan fingerprint density at radius 1 is 1.19 bits per heavy atom. The number of hydrogen-bond acceptors (Lipinski definition) is 9. The van der Waals surface area contributed by atoms with Crippen LogP contribution in [0.15, 0.2) is 30.5 Å². The molecule has 3 aromatic rings. The zero-order chi connectivity index (χ0) is 22.0. The first-order valence-electron chi connectivity index (χ1n) is 9.02. The highest BCUT2D eigenvalue weighted by Crippen LogP contribution is 2.28. The van der Waals surface area contributed by atoms with Gasteiger partial charge in [0.05, 0.1) is 6.54 Å². The van der Waals surface area contributed by atoms with Crippen molar-refractivity contribution in [3.63, 3.8) is 0 Å². The fourth-order valence-electron chi connectivity index (χ4n) is 2.96. The number of ether oxygens (including phenoxy) is 2. The van der Waals surface area contributed by atoms with Crippen molar-refractivity contribution < 1.29 is 27.6 Å². The van der Waals surface area contributed by atoms with E-state index in [0.29, 0.717) is 43.4 Å². The summed E-state index contributed by atoms with van der Waals surface area (Å²) in [6, 6.07) is 5.65. The van der Waals surface area contributed by atoms with E-state index in [9.17, 15) is 23.3 Å². The molecule has 1 aromatic carbocycles. The average Bonchev–Trinajstić information content (AvgIpc) is 3.30. The molecule has 0 unspecified atom stereocenters. The Labute approximate surface area is 177 Å². The van der Waals surface area contributed by atoms with Gasteiger partial charge in [0.15, 0.2) is 0 Å². The maximum atomic E-state index is 12.3. The Morgan fingerprint density at radius 3 is 2.68 bits per heavy atom. The molecule has 1 aliphatic heterocycles. The van der Waals surface area contributed by atoms with Gasteiger partial charge in [0.2, 0.25) is 0 Å². The Morgan fingerprint density at radius 2 is 1.97 bits per heavy atom. The molecule has 0 bridgehead atoms. The van der Waals surface area contributed by atoms with Crippen LogP contribution in [0.4, 0.5) is 19.0 Å². The molecule has 0 saturated carbocycles. The first-order chi connectivity index (χ1) is 14.8. The highest BCUT2D eigenvalue weighted by molar-refractivity contribution is 7.14. The lowest BCUT2D eigenvalue weighted by Crippen LogP contribution is -2.33. The van der Waals surface area contributed by atoms with E-state index in [1.165, 1.54) is 41.8 Å². The van der Waals surface area contributed by atoms with Crippen molar-refractivity contribution in [2.75, 3.05) is 19.7 Å². The van der Waals surface area contributed by atoms with Gasteiger partial charge in [-0.15, -0.1) is 23.4 Å². The lowest BCUT2D eigenvalue weighted by Gasteiger charge is -2.23. The molecular weight excluding hydrogens is 441 g/mol. The monoisotopic (exact) mass is 456 g/mol. The highest BCUT2D eigenvalue weighted by Gasteiger charge is 2.31. The van der Waals surface area contributed by atoms with E-state index >= 15 is 0 Å². The number of benzene rings is 1. The zero-order valence-electron chi connectivity index (χ0n) is 15.8. The number of rotatable bonds is 5. The SMILES string of the molecule is O=[N+]([O-])c1cn2c(n1)OCCN(Cc1nnc(-c3ccc(OC(F)(F)F)cc3)s1)CC2. The fraction of sp³-hybridized carbons (Fsp3) is 0.353. The summed E-state index contributed by atoms with van der Waals surface area (Å²) in [5.41, 5.74) is 0.629. The lowest BCUT2D eigenvalue weighted by molar-refractivity contribution is -0.389. The van der Waals surface area contributed by atoms with Gasteiger partial charge in [-0.1, -0.05) is 11.3 Å². The van der Waals surface area contributed by atoms with Crippen molar-refractivity contribution >= 4 is 17.2 Å². The number of halogens is 3. The molecular formula is C17H15F3N6O4S. The van der Waals surface area contributed by atoms with Crippen LogP contribution in [0, 0.1) is 10.1 Å². The molecule has 0 atom stereocenters. The van der Waals surface area contributed by atoms with Gasteiger partial charge in [-0.3, -0.25) is 9.47 Å². The largest absolute Gasteiger partial charge is 0.573 e. The molecule has 0 N–H and O–H groups in total. The topological polar surface area (TPSA) is 108 Å². The molecule has 0 saturated heterocycles. The van der Waals surface area contributed by atoms with E-state index in [4.69, 9.17) is 4.74 Å². The minimum atomic E-state index is -4.74. The third-order valence-electron chi connectivity index (χ3n) is 4.37. The number of imidazole rings is 1. The molecule has 0 amide bonds.